The standard InChI is InChI=1S/C11H21NO/c13-11-7-3-1-2-5-9(11)10-6-4-8-12-10/h9-13H,1-8H2. The van der Waals surface area contributed by atoms with Crippen LogP contribution in [0, 0.1) is 5.92 Å². The fraction of sp³-hybridized carbons (Fsp3) is 1.00. The van der Waals surface area contributed by atoms with Gasteiger partial charge in [-0.05, 0) is 32.2 Å². The number of hydrogen-bond donors (Lipinski definition) is 2. The zero-order chi connectivity index (χ0) is 9.10. The van der Waals surface area contributed by atoms with E-state index in [9.17, 15) is 5.11 Å². The molecule has 76 valence electrons. The van der Waals surface area contributed by atoms with Crippen molar-refractivity contribution in [1.29, 1.82) is 0 Å². The predicted octanol–water partition coefficient (Wildman–Crippen LogP) is 1.68. The van der Waals surface area contributed by atoms with Gasteiger partial charge in [0, 0.05) is 12.0 Å². The van der Waals surface area contributed by atoms with Crippen LogP contribution in [-0.4, -0.2) is 23.8 Å². The third-order valence-corrected chi connectivity index (χ3v) is 3.65. The Labute approximate surface area is 80.7 Å². The summed E-state index contributed by atoms with van der Waals surface area (Å²) in [6.45, 7) is 1.16. The van der Waals surface area contributed by atoms with Gasteiger partial charge in [0.2, 0.25) is 0 Å². The molecule has 0 amide bonds. The van der Waals surface area contributed by atoms with Gasteiger partial charge in [0.05, 0.1) is 6.10 Å². The van der Waals surface area contributed by atoms with Crippen molar-refractivity contribution in [1.82, 2.24) is 5.32 Å². The minimum absolute atomic E-state index is 0.0295. The van der Waals surface area contributed by atoms with Gasteiger partial charge in [-0.15, -0.1) is 0 Å². The summed E-state index contributed by atoms with van der Waals surface area (Å²) in [7, 11) is 0. The lowest BCUT2D eigenvalue weighted by molar-refractivity contribution is 0.0818. The summed E-state index contributed by atoms with van der Waals surface area (Å²) in [5.41, 5.74) is 0. The highest BCUT2D eigenvalue weighted by molar-refractivity contribution is 4.86. The maximum Gasteiger partial charge on any atom is 0.0583 e. The van der Waals surface area contributed by atoms with Crippen LogP contribution in [0.1, 0.15) is 44.9 Å². The lowest BCUT2D eigenvalue weighted by atomic mass is 9.89. The van der Waals surface area contributed by atoms with E-state index in [-0.39, 0.29) is 6.10 Å². The SMILES string of the molecule is OC1CCCCCC1C1CCCN1. The molecule has 13 heavy (non-hydrogen) atoms. The van der Waals surface area contributed by atoms with Gasteiger partial charge >= 0.3 is 0 Å². The summed E-state index contributed by atoms with van der Waals surface area (Å²) >= 11 is 0. The Morgan fingerprint density at radius 2 is 1.77 bits per heavy atom. The van der Waals surface area contributed by atoms with E-state index in [0.717, 1.165) is 13.0 Å². The number of aliphatic hydroxyl groups is 1. The van der Waals surface area contributed by atoms with E-state index in [1.165, 1.54) is 38.5 Å². The molecule has 2 aliphatic rings. The molecule has 0 radical (unpaired) electrons. The van der Waals surface area contributed by atoms with Gasteiger partial charge in [-0.2, -0.15) is 0 Å². The molecule has 3 atom stereocenters. The van der Waals surface area contributed by atoms with Crippen LogP contribution in [0.3, 0.4) is 0 Å². The van der Waals surface area contributed by atoms with E-state index in [1.807, 2.05) is 0 Å². The predicted molar refractivity (Wildman–Crippen MR) is 53.6 cm³/mol. The molecule has 3 unspecified atom stereocenters. The van der Waals surface area contributed by atoms with Gasteiger partial charge in [-0.3, -0.25) is 0 Å². The van der Waals surface area contributed by atoms with Gasteiger partial charge < -0.3 is 10.4 Å². The highest BCUT2D eigenvalue weighted by Crippen LogP contribution is 2.29. The van der Waals surface area contributed by atoms with E-state index in [0.29, 0.717) is 12.0 Å². The van der Waals surface area contributed by atoms with Crippen molar-refractivity contribution in [3.63, 3.8) is 0 Å². The van der Waals surface area contributed by atoms with Crippen LogP contribution in [0.15, 0.2) is 0 Å². The zero-order valence-corrected chi connectivity index (χ0v) is 8.34. The first-order valence-corrected chi connectivity index (χ1v) is 5.79. The Hall–Kier alpha value is -0.0800. The molecule has 2 nitrogen and oxygen atoms in total. The van der Waals surface area contributed by atoms with E-state index in [1.54, 1.807) is 0 Å². The fourth-order valence-electron chi connectivity index (χ4n) is 2.86. The molecule has 1 heterocycles. The lowest BCUT2D eigenvalue weighted by Gasteiger charge is -2.26. The first-order chi connectivity index (χ1) is 6.38. The highest BCUT2D eigenvalue weighted by Gasteiger charge is 2.30. The maximum absolute atomic E-state index is 9.97. The number of aliphatic hydroxyl groups excluding tert-OH is 1. The minimum atomic E-state index is -0.0295. The van der Waals surface area contributed by atoms with Crippen molar-refractivity contribution in [2.24, 2.45) is 5.92 Å². The summed E-state index contributed by atoms with van der Waals surface area (Å²) < 4.78 is 0. The molecule has 1 saturated heterocycles. The van der Waals surface area contributed by atoms with Crippen LogP contribution in [0.5, 0.6) is 0 Å². The second-order valence-electron chi connectivity index (χ2n) is 4.57. The van der Waals surface area contributed by atoms with E-state index < -0.39 is 0 Å². The quantitative estimate of drug-likeness (QED) is 0.606. The molecule has 2 heteroatoms. The molecule has 1 saturated carbocycles. The molecule has 0 aromatic carbocycles. The molecule has 2 N–H and O–H groups in total. The van der Waals surface area contributed by atoms with Gasteiger partial charge in [-0.1, -0.05) is 19.3 Å². The van der Waals surface area contributed by atoms with Crippen molar-refractivity contribution >= 4 is 0 Å². The van der Waals surface area contributed by atoms with Gasteiger partial charge in [-0.25, -0.2) is 0 Å². The molecule has 0 aromatic rings. The van der Waals surface area contributed by atoms with Crippen molar-refractivity contribution in [3.8, 4) is 0 Å². The Morgan fingerprint density at radius 3 is 2.54 bits per heavy atom. The fourth-order valence-corrected chi connectivity index (χ4v) is 2.86. The minimum Gasteiger partial charge on any atom is -0.393 e. The summed E-state index contributed by atoms with van der Waals surface area (Å²) in [5, 5.41) is 13.5. The second-order valence-corrected chi connectivity index (χ2v) is 4.57. The van der Waals surface area contributed by atoms with Crippen molar-refractivity contribution < 1.29 is 5.11 Å². The summed E-state index contributed by atoms with van der Waals surface area (Å²) in [6.07, 6.45) is 8.68. The third-order valence-electron chi connectivity index (χ3n) is 3.65. The zero-order valence-electron chi connectivity index (χ0n) is 8.34. The Balaban J connectivity index is 1.93. The van der Waals surface area contributed by atoms with Crippen LogP contribution in [-0.2, 0) is 0 Å². The average molecular weight is 183 g/mol. The lowest BCUT2D eigenvalue weighted by Crippen LogP contribution is -2.37. The molecular weight excluding hydrogens is 162 g/mol. The van der Waals surface area contributed by atoms with Crippen molar-refractivity contribution in [2.45, 2.75) is 57.1 Å². The second kappa shape index (κ2) is 4.43. The first-order valence-electron chi connectivity index (χ1n) is 5.79. The maximum atomic E-state index is 9.97. The number of nitrogens with one attached hydrogen (secondary N) is 1. The first kappa shape index (κ1) is 9.47. The monoisotopic (exact) mass is 183 g/mol. The molecule has 2 fully saturated rings. The molecule has 0 aromatic heterocycles. The summed E-state index contributed by atoms with van der Waals surface area (Å²) in [4.78, 5) is 0. The van der Waals surface area contributed by atoms with Crippen LogP contribution < -0.4 is 5.32 Å². The third kappa shape index (κ3) is 2.23. The van der Waals surface area contributed by atoms with Crippen molar-refractivity contribution in [2.75, 3.05) is 6.54 Å². The molecule has 0 bridgehead atoms. The van der Waals surface area contributed by atoms with E-state index in [2.05, 4.69) is 5.32 Å². The van der Waals surface area contributed by atoms with E-state index in [4.69, 9.17) is 0 Å². The highest BCUT2D eigenvalue weighted by atomic mass is 16.3. The van der Waals surface area contributed by atoms with Crippen LogP contribution in [0.4, 0.5) is 0 Å². The summed E-state index contributed by atoms with van der Waals surface area (Å²) in [6, 6.07) is 0.619. The molecule has 1 aliphatic heterocycles. The van der Waals surface area contributed by atoms with Gasteiger partial charge in [0.25, 0.3) is 0 Å². The summed E-state index contributed by atoms with van der Waals surface area (Å²) in [5.74, 6) is 0.546. The van der Waals surface area contributed by atoms with Crippen molar-refractivity contribution in [3.05, 3.63) is 0 Å². The van der Waals surface area contributed by atoms with Crippen LogP contribution in [0.2, 0.25) is 0 Å². The van der Waals surface area contributed by atoms with Crippen LogP contribution in [0.25, 0.3) is 0 Å². The number of rotatable bonds is 1. The Kier molecular flexibility index (Phi) is 3.23. The molecule has 2 rings (SSSR count). The van der Waals surface area contributed by atoms with Gasteiger partial charge in [0.15, 0.2) is 0 Å². The largest absolute Gasteiger partial charge is 0.393 e. The van der Waals surface area contributed by atoms with Gasteiger partial charge in [0.1, 0.15) is 0 Å². The smallest absolute Gasteiger partial charge is 0.0583 e. The molecule has 1 aliphatic carbocycles. The Bertz CT molecular complexity index is 154. The topological polar surface area (TPSA) is 32.3 Å². The number of hydrogen-bond acceptors (Lipinski definition) is 2. The van der Waals surface area contributed by atoms with Crippen LogP contribution >= 0.6 is 0 Å². The van der Waals surface area contributed by atoms with E-state index >= 15 is 0 Å². The normalized spacial score (nSPS) is 41.8. The Morgan fingerprint density at radius 1 is 0.923 bits per heavy atom. The average Bonchev–Trinajstić information content (AvgIpc) is 2.56. The molecular formula is C11H21NO. The molecule has 0 spiro atoms.